The average molecular weight is 601 g/mol. The minimum absolute atomic E-state index is 0.0499. The van der Waals surface area contributed by atoms with Crippen molar-refractivity contribution in [2.24, 2.45) is 0 Å². The summed E-state index contributed by atoms with van der Waals surface area (Å²) in [5.41, 5.74) is -0.531. The fourth-order valence-electron chi connectivity index (χ4n) is 4.54. The number of benzene rings is 1. The molecule has 42 heavy (non-hydrogen) atoms. The SMILES string of the molecule is O=C(N(Cc1ccc(-c2nnc(C(F)F)o2)cn1)c1ccccc1)C1(F)CN(C2CCNCC2)C1.O=C(O)C(F)(F)F. The van der Waals surface area contributed by atoms with E-state index in [1.807, 2.05) is 11.0 Å². The molecule has 226 valence electrons. The van der Waals surface area contributed by atoms with Crippen molar-refractivity contribution in [1.82, 2.24) is 25.4 Å². The topological polar surface area (TPSA) is 125 Å². The molecule has 0 radical (unpaired) electrons. The monoisotopic (exact) mass is 600 g/mol. The first-order valence-electron chi connectivity index (χ1n) is 12.7. The molecule has 0 aliphatic carbocycles. The predicted octanol–water partition coefficient (Wildman–Crippen LogP) is 4.01. The number of pyridine rings is 1. The van der Waals surface area contributed by atoms with Gasteiger partial charge < -0.3 is 19.7 Å². The van der Waals surface area contributed by atoms with Crippen molar-refractivity contribution >= 4 is 17.6 Å². The fraction of sp³-hybridized carbons (Fsp3) is 0.423. The summed E-state index contributed by atoms with van der Waals surface area (Å²) in [7, 11) is 0. The van der Waals surface area contributed by atoms with Crippen LogP contribution in [-0.4, -0.2) is 81.1 Å². The van der Waals surface area contributed by atoms with Gasteiger partial charge in [0.2, 0.25) is 11.6 Å². The number of halogens is 6. The van der Waals surface area contributed by atoms with E-state index in [1.165, 1.54) is 11.1 Å². The van der Waals surface area contributed by atoms with Crippen LogP contribution in [0.1, 0.15) is 30.9 Å². The Kier molecular flexibility index (Phi) is 9.46. The molecule has 1 aromatic carbocycles. The number of likely N-dealkylation sites (tertiary alicyclic amines) is 1. The smallest absolute Gasteiger partial charge is 0.475 e. The number of piperidine rings is 1. The van der Waals surface area contributed by atoms with Crippen LogP contribution in [0.4, 0.5) is 32.0 Å². The van der Waals surface area contributed by atoms with Gasteiger partial charge in [0.05, 0.1) is 17.8 Å². The Bertz CT molecular complexity index is 1340. The van der Waals surface area contributed by atoms with Gasteiger partial charge in [-0.15, -0.1) is 10.2 Å². The van der Waals surface area contributed by atoms with E-state index in [0.29, 0.717) is 23.0 Å². The third kappa shape index (κ3) is 7.42. The maximum atomic E-state index is 15.7. The van der Waals surface area contributed by atoms with Gasteiger partial charge in [0.25, 0.3) is 11.8 Å². The molecule has 0 saturated carbocycles. The van der Waals surface area contributed by atoms with Gasteiger partial charge in [-0.05, 0) is 50.2 Å². The second-order valence-electron chi connectivity index (χ2n) is 9.67. The fourth-order valence-corrected chi connectivity index (χ4v) is 4.54. The van der Waals surface area contributed by atoms with Crippen molar-refractivity contribution in [3.8, 4) is 11.5 Å². The van der Waals surface area contributed by atoms with E-state index in [1.54, 1.807) is 36.4 Å². The van der Waals surface area contributed by atoms with Crippen LogP contribution in [0, 0.1) is 0 Å². The summed E-state index contributed by atoms with van der Waals surface area (Å²) < 4.78 is 77.9. The summed E-state index contributed by atoms with van der Waals surface area (Å²) >= 11 is 0. The number of carboxylic acid groups (broad SMARTS) is 1. The average Bonchev–Trinajstić information content (AvgIpc) is 3.46. The lowest BCUT2D eigenvalue weighted by Crippen LogP contribution is -2.69. The van der Waals surface area contributed by atoms with Crippen LogP contribution < -0.4 is 10.2 Å². The zero-order chi connectivity index (χ0) is 30.5. The first-order chi connectivity index (χ1) is 19.9. The van der Waals surface area contributed by atoms with Crippen LogP contribution >= 0.6 is 0 Å². The van der Waals surface area contributed by atoms with Crippen molar-refractivity contribution in [3.05, 3.63) is 60.2 Å². The van der Waals surface area contributed by atoms with Crippen LogP contribution in [0.15, 0.2) is 53.1 Å². The van der Waals surface area contributed by atoms with E-state index in [9.17, 15) is 26.7 Å². The number of hydrogen-bond acceptors (Lipinski definition) is 8. The standard InChI is InChI=1S/C24H25F3N6O2.C2HF3O2/c25-20(26)22-31-30-21(35-22)16-6-7-17(29-12-16)13-33(19-4-2-1-3-5-19)23(34)24(27)14-32(15-24)18-8-10-28-11-9-18;3-2(4,5)1(6)7/h1-7,12,18,20,28H,8-11,13-15H2;(H,6,7). The van der Waals surface area contributed by atoms with Gasteiger partial charge in [-0.1, -0.05) is 18.2 Å². The highest BCUT2D eigenvalue weighted by molar-refractivity contribution is 6.00. The van der Waals surface area contributed by atoms with E-state index in [4.69, 9.17) is 14.3 Å². The number of anilines is 1. The molecule has 1 amide bonds. The van der Waals surface area contributed by atoms with E-state index in [0.717, 1.165) is 25.9 Å². The van der Waals surface area contributed by atoms with E-state index in [-0.39, 0.29) is 25.5 Å². The molecule has 2 N–H and O–H groups in total. The van der Waals surface area contributed by atoms with Gasteiger partial charge in [-0.25, -0.2) is 9.18 Å². The number of nitrogens with one attached hydrogen (secondary N) is 1. The molecule has 2 fully saturated rings. The summed E-state index contributed by atoms with van der Waals surface area (Å²) in [6, 6.07) is 12.4. The minimum Gasteiger partial charge on any atom is -0.475 e. The number of carbonyl (C=O) groups is 2. The molecule has 16 heteroatoms. The molecule has 2 aliphatic heterocycles. The number of aromatic nitrogens is 3. The van der Waals surface area contributed by atoms with E-state index in [2.05, 4.69) is 20.5 Å². The second kappa shape index (κ2) is 12.9. The Balaban J connectivity index is 0.000000517. The van der Waals surface area contributed by atoms with E-state index >= 15 is 4.39 Å². The number of hydrogen-bond donors (Lipinski definition) is 2. The maximum Gasteiger partial charge on any atom is 0.490 e. The Hall–Kier alpha value is -4.05. The highest BCUT2D eigenvalue weighted by atomic mass is 19.4. The summed E-state index contributed by atoms with van der Waals surface area (Å²) in [4.78, 5) is 30.1. The first kappa shape index (κ1) is 30.9. The van der Waals surface area contributed by atoms with Crippen molar-refractivity contribution in [2.75, 3.05) is 31.1 Å². The number of aliphatic carboxylic acids is 1. The maximum absolute atomic E-state index is 15.7. The predicted molar refractivity (Wildman–Crippen MR) is 135 cm³/mol. The molecule has 3 aromatic rings. The molecule has 5 rings (SSSR count). The zero-order valence-electron chi connectivity index (χ0n) is 21.9. The van der Waals surface area contributed by atoms with Gasteiger partial charge in [-0.3, -0.25) is 14.7 Å². The van der Waals surface area contributed by atoms with Crippen molar-refractivity contribution in [1.29, 1.82) is 0 Å². The Morgan fingerprint density at radius 1 is 1.10 bits per heavy atom. The largest absolute Gasteiger partial charge is 0.490 e. The van der Waals surface area contributed by atoms with Crippen molar-refractivity contribution in [3.63, 3.8) is 0 Å². The van der Waals surface area contributed by atoms with Crippen molar-refractivity contribution in [2.45, 2.75) is 43.7 Å². The van der Waals surface area contributed by atoms with Crippen molar-refractivity contribution < 1.29 is 45.5 Å². The number of nitrogens with zero attached hydrogens (tertiary/aromatic N) is 5. The van der Waals surface area contributed by atoms with Crippen LogP contribution in [0.5, 0.6) is 0 Å². The van der Waals surface area contributed by atoms with Gasteiger partial charge in [0.15, 0.2) is 0 Å². The van der Waals surface area contributed by atoms with E-state index < -0.39 is 36.0 Å². The Labute approximate surface area is 235 Å². The Morgan fingerprint density at radius 3 is 2.26 bits per heavy atom. The van der Waals surface area contributed by atoms with Gasteiger partial charge in [-0.2, -0.15) is 22.0 Å². The zero-order valence-corrected chi connectivity index (χ0v) is 21.9. The lowest BCUT2D eigenvalue weighted by molar-refractivity contribution is -0.192. The first-order valence-corrected chi connectivity index (χ1v) is 12.7. The van der Waals surface area contributed by atoms with Crippen LogP contribution in [-0.2, 0) is 16.1 Å². The molecule has 0 spiro atoms. The molecule has 0 unspecified atom stereocenters. The number of amides is 1. The van der Waals surface area contributed by atoms with Crippen LogP contribution in [0.2, 0.25) is 0 Å². The van der Waals surface area contributed by atoms with Gasteiger partial charge >= 0.3 is 18.6 Å². The van der Waals surface area contributed by atoms with Gasteiger partial charge in [0.1, 0.15) is 0 Å². The van der Waals surface area contributed by atoms with Crippen LogP contribution in [0.25, 0.3) is 11.5 Å². The third-order valence-electron chi connectivity index (χ3n) is 6.69. The highest BCUT2D eigenvalue weighted by Crippen LogP contribution is 2.34. The molecule has 2 saturated heterocycles. The molecular formula is C26H26F6N6O4. The second-order valence-corrected chi connectivity index (χ2v) is 9.67. The molecule has 4 heterocycles. The van der Waals surface area contributed by atoms with Gasteiger partial charge in [0, 0.05) is 31.0 Å². The lowest BCUT2D eigenvalue weighted by atomic mass is 9.89. The summed E-state index contributed by atoms with van der Waals surface area (Å²) in [5.74, 6) is -4.20. The molecule has 2 aliphatic rings. The molecular weight excluding hydrogens is 574 g/mol. The summed E-state index contributed by atoms with van der Waals surface area (Å²) in [6.07, 6.45) is -4.65. The molecule has 0 bridgehead atoms. The van der Waals surface area contributed by atoms with Crippen LogP contribution in [0.3, 0.4) is 0 Å². The number of rotatable bonds is 7. The molecule has 2 aromatic heterocycles. The number of alkyl halides is 6. The molecule has 0 atom stereocenters. The number of carboxylic acids is 1. The third-order valence-corrected chi connectivity index (χ3v) is 6.69. The summed E-state index contributed by atoms with van der Waals surface area (Å²) in [5, 5.41) is 17.3. The lowest BCUT2D eigenvalue weighted by Gasteiger charge is -2.49. The number of carbonyl (C=O) groups excluding carboxylic acids is 1. The molecule has 10 nitrogen and oxygen atoms in total. The summed E-state index contributed by atoms with van der Waals surface area (Å²) in [6.45, 7) is 2.01. The quantitative estimate of drug-likeness (QED) is 0.387. The minimum atomic E-state index is -5.08. The normalized spacial score (nSPS) is 17.2. The highest BCUT2D eigenvalue weighted by Gasteiger charge is 2.53. The number of para-hydroxylation sites is 1. The Morgan fingerprint density at radius 2 is 1.74 bits per heavy atom.